The van der Waals surface area contributed by atoms with Crippen LogP contribution < -0.4 is 0 Å². The molecule has 1 rings (SSSR count). The number of aromatic nitrogens is 2. The molecule has 0 fully saturated rings. The van der Waals surface area contributed by atoms with E-state index in [0.29, 0.717) is 0 Å². The third kappa shape index (κ3) is 2.79. The molecule has 76 valence electrons. The molecule has 0 saturated heterocycles. The van der Waals surface area contributed by atoms with Crippen LogP contribution in [0, 0.1) is 0 Å². The minimum atomic E-state index is -4.49. The highest BCUT2D eigenvalue weighted by atomic mass is 19.4. The maximum Gasteiger partial charge on any atom is 0.433 e. The quantitative estimate of drug-likeness (QED) is 0.735. The molecule has 0 aromatic carbocycles. The Hall–Kier alpha value is -1.46. The van der Waals surface area contributed by atoms with Crippen molar-refractivity contribution in [2.24, 2.45) is 0 Å². The van der Waals surface area contributed by atoms with Gasteiger partial charge in [0.25, 0.3) is 0 Å². The Morgan fingerprint density at radius 2 is 2.14 bits per heavy atom. The van der Waals surface area contributed by atoms with E-state index in [0.717, 1.165) is 12.3 Å². The van der Waals surface area contributed by atoms with Crippen molar-refractivity contribution in [3.8, 4) is 0 Å². The molecule has 1 heterocycles. The number of ketones is 1. The van der Waals surface area contributed by atoms with Gasteiger partial charge in [0, 0.05) is 6.20 Å². The Bertz CT molecular complexity index is 349. The maximum absolute atomic E-state index is 12.1. The molecule has 0 radical (unpaired) electrons. The largest absolute Gasteiger partial charge is 0.433 e. The van der Waals surface area contributed by atoms with E-state index in [1.807, 2.05) is 0 Å². The molecule has 1 aromatic rings. The van der Waals surface area contributed by atoms with E-state index in [1.165, 1.54) is 6.92 Å². The van der Waals surface area contributed by atoms with Crippen LogP contribution in [0.3, 0.4) is 0 Å². The Labute approximate surface area is 78.0 Å². The number of Topliss-reactive ketones (excluding diaryl/α,β-unsaturated/α-hetero) is 1. The molecular weight excluding hydrogens is 197 g/mol. The predicted octanol–water partition coefficient (Wildman–Crippen LogP) is 1.63. The van der Waals surface area contributed by atoms with Crippen molar-refractivity contribution >= 4 is 5.78 Å². The van der Waals surface area contributed by atoms with Gasteiger partial charge in [-0.25, -0.2) is 9.97 Å². The van der Waals surface area contributed by atoms with Crippen molar-refractivity contribution in [3.63, 3.8) is 0 Å². The summed E-state index contributed by atoms with van der Waals surface area (Å²) in [5.74, 6) is -0.378. The zero-order valence-electron chi connectivity index (χ0n) is 7.30. The van der Waals surface area contributed by atoms with Crippen molar-refractivity contribution in [2.45, 2.75) is 19.5 Å². The number of halogens is 3. The van der Waals surface area contributed by atoms with E-state index in [1.54, 1.807) is 0 Å². The summed E-state index contributed by atoms with van der Waals surface area (Å²) in [6, 6.07) is 0.767. The fourth-order valence-corrected chi connectivity index (χ4v) is 0.865. The predicted molar refractivity (Wildman–Crippen MR) is 41.4 cm³/mol. The molecule has 0 atom stereocenters. The van der Waals surface area contributed by atoms with Crippen LogP contribution in [0.5, 0.6) is 0 Å². The Kier molecular flexibility index (Phi) is 2.83. The van der Waals surface area contributed by atoms with Gasteiger partial charge in [0.05, 0.1) is 6.42 Å². The first-order valence-corrected chi connectivity index (χ1v) is 3.78. The number of hydrogen-bond donors (Lipinski definition) is 0. The molecule has 0 saturated carbocycles. The minimum Gasteiger partial charge on any atom is -0.300 e. The standard InChI is InChI=1S/C8H7F3N2O/c1-5(14)4-7-12-3-2-6(13-7)8(9,10)11/h2-3H,4H2,1H3. The number of alkyl halides is 3. The average molecular weight is 204 g/mol. The minimum absolute atomic E-state index is 0.104. The molecule has 0 aliphatic carbocycles. The molecule has 0 spiro atoms. The van der Waals surface area contributed by atoms with Gasteiger partial charge in [0.2, 0.25) is 0 Å². The summed E-state index contributed by atoms with van der Waals surface area (Å²) in [6.45, 7) is 1.27. The first-order valence-electron chi connectivity index (χ1n) is 3.78. The van der Waals surface area contributed by atoms with E-state index in [9.17, 15) is 18.0 Å². The second-order valence-corrected chi connectivity index (χ2v) is 2.73. The molecular formula is C8H7F3N2O. The van der Waals surface area contributed by atoms with E-state index < -0.39 is 11.9 Å². The van der Waals surface area contributed by atoms with Gasteiger partial charge in [-0.05, 0) is 13.0 Å². The lowest BCUT2D eigenvalue weighted by atomic mass is 10.3. The van der Waals surface area contributed by atoms with Crippen molar-refractivity contribution in [1.29, 1.82) is 0 Å². The Balaban J connectivity index is 2.95. The summed E-state index contributed by atoms with van der Waals surface area (Å²) >= 11 is 0. The number of carbonyl (C=O) groups is 1. The third-order valence-electron chi connectivity index (χ3n) is 1.40. The summed E-state index contributed by atoms with van der Waals surface area (Å²) in [5.41, 5.74) is -1.02. The zero-order valence-corrected chi connectivity index (χ0v) is 7.30. The van der Waals surface area contributed by atoms with Gasteiger partial charge in [0.15, 0.2) is 0 Å². The summed E-state index contributed by atoms with van der Waals surface area (Å²) in [7, 11) is 0. The normalized spacial score (nSPS) is 11.4. The van der Waals surface area contributed by atoms with Gasteiger partial charge in [0.1, 0.15) is 17.3 Å². The van der Waals surface area contributed by atoms with Crippen molar-refractivity contribution in [3.05, 3.63) is 23.8 Å². The van der Waals surface area contributed by atoms with E-state index in [4.69, 9.17) is 0 Å². The van der Waals surface area contributed by atoms with Gasteiger partial charge < -0.3 is 0 Å². The highest BCUT2D eigenvalue weighted by Gasteiger charge is 2.32. The average Bonchev–Trinajstić information content (AvgIpc) is 2.01. The molecule has 0 N–H and O–H groups in total. The summed E-state index contributed by atoms with van der Waals surface area (Å²) < 4.78 is 36.4. The number of carbonyl (C=O) groups excluding carboxylic acids is 1. The maximum atomic E-state index is 12.1. The number of hydrogen-bond acceptors (Lipinski definition) is 3. The second kappa shape index (κ2) is 3.73. The highest BCUT2D eigenvalue weighted by Crippen LogP contribution is 2.26. The number of nitrogens with zero attached hydrogens (tertiary/aromatic N) is 2. The Morgan fingerprint density at radius 1 is 1.50 bits per heavy atom. The smallest absolute Gasteiger partial charge is 0.300 e. The van der Waals surface area contributed by atoms with Crippen LogP contribution in [0.25, 0.3) is 0 Å². The fraction of sp³-hybridized carbons (Fsp3) is 0.375. The van der Waals surface area contributed by atoms with Gasteiger partial charge in [-0.3, -0.25) is 4.79 Å². The second-order valence-electron chi connectivity index (χ2n) is 2.73. The molecule has 0 unspecified atom stereocenters. The van der Waals surface area contributed by atoms with Gasteiger partial charge >= 0.3 is 6.18 Å². The molecule has 0 amide bonds. The summed E-state index contributed by atoms with van der Waals surface area (Å²) in [4.78, 5) is 17.4. The van der Waals surface area contributed by atoms with Crippen LogP contribution >= 0.6 is 0 Å². The first kappa shape index (κ1) is 10.6. The van der Waals surface area contributed by atoms with E-state index in [2.05, 4.69) is 9.97 Å². The van der Waals surface area contributed by atoms with E-state index >= 15 is 0 Å². The molecule has 14 heavy (non-hydrogen) atoms. The summed E-state index contributed by atoms with van der Waals surface area (Å²) in [5, 5.41) is 0. The van der Waals surface area contributed by atoms with Gasteiger partial charge in [-0.15, -0.1) is 0 Å². The summed E-state index contributed by atoms with van der Waals surface area (Å²) in [6.07, 6.45) is -3.67. The van der Waals surface area contributed by atoms with Crippen LogP contribution in [0.15, 0.2) is 12.3 Å². The lowest BCUT2D eigenvalue weighted by Crippen LogP contribution is -2.11. The first-order chi connectivity index (χ1) is 6.39. The lowest BCUT2D eigenvalue weighted by Gasteiger charge is -2.05. The highest BCUT2D eigenvalue weighted by molar-refractivity contribution is 5.77. The monoisotopic (exact) mass is 204 g/mol. The molecule has 6 heteroatoms. The van der Waals surface area contributed by atoms with Crippen molar-refractivity contribution in [1.82, 2.24) is 9.97 Å². The van der Waals surface area contributed by atoms with Crippen LogP contribution in [-0.2, 0) is 17.4 Å². The van der Waals surface area contributed by atoms with Gasteiger partial charge in [-0.1, -0.05) is 0 Å². The fourth-order valence-electron chi connectivity index (χ4n) is 0.865. The zero-order chi connectivity index (χ0) is 10.8. The van der Waals surface area contributed by atoms with E-state index in [-0.39, 0.29) is 18.0 Å². The molecule has 1 aromatic heterocycles. The third-order valence-corrected chi connectivity index (χ3v) is 1.40. The van der Waals surface area contributed by atoms with Crippen LogP contribution in [0.1, 0.15) is 18.4 Å². The topological polar surface area (TPSA) is 42.9 Å². The molecule has 0 bridgehead atoms. The SMILES string of the molecule is CC(=O)Cc1nccc(C(F)(F)F)n1. The molecule has 0 aliphatic heterocycles. The lowest BCUT2D eigenvalue weighted by molar-refractivity contribution is -0.141. The molecule has 0 aliphatic rings. The van der Waals surface area contributed by atoms with Crippen molar-refractivity contribution in [2.75, 3.05) is 0 Å². The molecule has 3 nitrogen and oxygen atoms in total. The number of rotatable bonds is 2. The van der Waals surface area contributed by atoms with Crippen molar-refractivity contribution < 1.29 is 18.0 Å². The Morgan fingerprint density at radius 3 is 2.64 bits per heavy atom. The van der Waals surface area contributed by atoms with Crippen LogP contribution in [0.2, 0.25) is 0 Å². The van der Waals surface area contributed by atoms with Crippen LogP contribution in [-0.4, -0.2) is 15.8 Å². The van der Waals surface area contributed by atoms with Crippen LogP contribution in [0.4, 0.5) is 13.2 Å². The van der Waals surface area contributed by atoms with Gasteiger partial charge in [-0.2, -0.15) is 13.2 Å².